The van der Waals surface area contributed by atoms with Crippen molar-refractivity contribution in [1.82, 2.24) is 15.5 Å². The second-order valence-electron chi connectivity index (χ2n) is 5.30. The summed E-state index contributed by atoms with van der Waals surface area (Å²) in [6.07, 6.45) is 2.35. The van der Waals surface area contributed by atoms with Crippen LogP contribution in [0.1, 0.15) is 19.8 Å². The molecule has 18 heavy (non-hydrogen) atoms. The van der Waals surface area contributed by atoms with Gasteiger partial charge in [0.05, 0.1) is 6.04 Å². The maximum Gasteiger partial charge on any atom is 0.237 e. The Bertz CT molecular complexity index is 269. The number of hydrogen-bond donors (Lipinski definition) is 2. The van der Waals surface area contributed by atoms with Crippen LogP contribution >= 0.6 is 11.8 Å². The number of hydrogen-bond acceptors (Lipinski definition) is 4. The molecule has 5 heteroatoms. The average molecular weight is 271 g/mol. The quantitative estimate of drug-likeness (QED) is 0.783. The minimum atomic E-state index is 0.0238. The zero-order chi connectivity index (χ0) is 12.8. The van der Waals surface area contributed by atoms with Gasteiger partial charge in [-0.05, 0) is 25.3 Å². The second kappa shape index (κ2) is 7.36. The minimum absolute atomic E-state index is 0.0238. The van der Waals surface area contributed by atoms with Gasteiger partial charge in [-0.15, -0.1) is 0 Å². The zero-order valence-electron chi connectivity index (χ0n) is 11.3. The Kier molecular flexibility index (Phi) is 5.79. The second-order valence-corrected chi connectivity index (χ2v) is 6.52. The molecule has 0 aromatic rings. The first-order valence-electron chi connectivity index (χ1n) is 7.08. The van der Waals surface area contributed by atoms with Crippen molar-refractivity contribution in [1.29, 1.82) is 0 Å². The normalized spacial score (nSPS) is 30.1. The molecule has 104 valence electrons. The van der Waals surface area contributed by atoms with Crippen molar-refractivity contribution in [2.45, 2.75) is 25.8 Å². The summed E-state index contributed by atoms with van der Waals surface area (Å²) in [5.41, 5.74) is 0. The molecule has 0 aromatic carbocycles. The monoisotopic (exact) mass is 271 g/mol. The first-order chi connectivity index (χ1) is 8.77. The predicted octanol–water partition coefficient (Wildman–Crippen LogP) is 0.540. The van der Waals surface area contributed by atoms with E-state index in [0.717, 1.165) is 26.1 Å². The van der Waals surface area contributed by atoms with Crippen molar-refractivity contribution in [3.8, 4) is 0 Å². The molecule has 2 aliphatic heterocycles. The number of nitrogens with one attached hydrogen (secondary N) is 2. The number of carbonyl (C=O) groups excluding carboxylic acids is 1. The molecule has 0 aliphatic carbocycles. The molecule has 2 heterocycles. The Labute approximate surface area is 114 Å². The number of carbonyl (C=O) groups is 1. The molecule has 2 fully saturated rings. The fourth-order valence-electron chi connectivity index (χ4n) is 2.67. The van der Waals surface area contributed by atoms with Gasteiger partial charge in [0.2, 0.25) is 5.91 Å². The highest BCUT2D eigenvalue weighted by Crippen LogP contribution is 2.15. The van der Waals surface area contributed by atoms with E-state index in [-0.39, 0.29) is 11.9 Å². The molecule has 2 atom stereocenters. The molecule has 0 bridgehead atoms. The number of amides is 1. The lowest BCUT2D eigenvalue weighted by Gasteiger charge is -2.30. The van der Waals surface area contributed by atoms with Crippen LogP contribution in [0.3, 0.4) is 0 Å². The highest BCUT2D eigenvalue weighted by molar-refractivity contribution is 7.99. The van der Waals surface area contributed by atoms with Gasteiger partial charge in [-0.3, -0.25) is 9.69 Å². The third-order valence-electron chi connectivity index (χ3n) is 3.88. The van der Waals surface area contributed by atoms with Gasteiger partial charge >= 0.3 is 0 Å². The van der Waals surface area contributed by atoms with Crippen molar-refractivity contribution in [2.24, 2.45) is 5.92 Å². The molecular formula is C13H25N3OS. The molecule has 2 N–H and O–H groups in total. The van der Waals surface area contributed by atoms with Crippen LogP contribution in [0, 0.1) is 5.92 Å². The van der Waals surface area contributed by atoms with Crippen molar-refractivity contribution >= 4 is 17.7 Å². The van der Waals surface area contributed by atoms with Gasteiger partial charge in [0, 0.05) is 37.7 Å². The first kappa shape index (κ1) is 14.2. The van der Waals surface area contributed by atoms with E-state index in [1.165, 1.54) is 31.0 Å². The summed E-state index contributed by atoms with van der Waals surface area (Å²) in [7, 11) is 0. The van der Waals surface area contributed by atoms with E-state index >= 15 is 0 Å². The number of nitrogens with zero attached hydrogens (tertiary/aromatic N) is 1. The van der Waals surface area contributed by atoms with Crippen LogP contribution in [0.2, 0.25) is 0 Å². The van der Waals surface area contributed by atoms with E-state index < -0.39 is 0 Å². The van der Waals surface area contributed by atoms with Gasteiger partial charge in [0.25, 0.3) is 0 Å². The van der Waals surface area contributed by atoms with Crippen molar-refractivity contribution in [3.63, 3.8) is 0 Å². The Morgan fingerprint density at radius 1 is 1.44 bits per heavy atom. The Balaban J connectivity index is 1.64. The molecule has 2 aliphatic rings. The van der Waals surface area contributed by atoms with Crippen LogP contribution in [0.5, 0.6) is 0 Å². The van der Waals surface area contributed by atoms with E-state index in [1.54, 1.807) is 0 Å². The highest BCUT2D eigenvalue weighted by Gasteiger charge is 2.26. The molecular weight excluding hydrogens is 246 g/mol. The van der Waals surface area contributed by atoms with Gasteiger partial charge in [-0.25, -0.2) is 0 Å². The lowest BCUT2D eigenvalue weighted by Crippen LogP contribution is -2.52. The van der Waals surface area contributed by atoms with Crippen LogP contribution in [0.4, 0.5) is 0 Å². The molecule has 0 saturated carbocycles. The highest BCUT2D eigenvalue weighted by atomic mass is 32.2. The molecule has 0 radical (unpaired) electrons. The maximum absolute atomic E-state index is 12.1. The number of piperidine rings is 1. The molecule has 2 unspecified atom stereocenters. The fourth-order valence-corrected chi connectivity index (χ4v) is 3.65. The molecule has 0 aromatic heterocycles. The summed E-state index contributed by atoms with van der Waals surface area (Å²) in [5, 5.41) is 6.41. The minimum Gasteiger partial charge on any atom is -0.353 e. The van der Waals surface area contributed by atoms with Crippen molar-refractivity contribution in [2.75, 3.05) is 44.2 Å². The van der Waals surface area contributed by atoms with E-state index in [1.807, 2.05) is 11.8 Å². The summed E-state index contributed by atoms with van der Waals surface area (Å²) < 4.78 is 0. The average Bonchev–Trinajstić information content (AvgIpc) is 2.40. The fraction of sp³-hybridized carbons (Fsp3) is 0.923. The molecule has 0 spiro atoms. The summed E-state index contributed by atoms with van der Waals surface area (Å²) in [6.45, 7) is 7.25. The molecule has 2 rings (SSSR count). The Morgan fingerprint density at radius 2 is 2.22 bits per heavy atom. The van der Waals surface area contributed by atoms with Gasteiger partial charge in [0.1, 0.15) is 0 Å². The van der Waals surface area contributed by atoms with E-state index in [9.17, 15) is 4.79 Å². The van der Waals surface area contributed by atoms with E-state index in [2.05, 4.69) is 22.5 Å². The third-order valence-corrected chi connectivity index (χ3v) is 4.83. The topological polar surface area (TPSA) is 44.4 Å². The largest absolute Gasteiger partial charge is 0.353 e. The van der Waals surface area contributed by atoms with Crippen LogP contribution in [-0.2, 0) is 4.79 Å². The van der Waals surface area contributed by atoms with Gasteiger partial charge in [0.15, 0.2) is 0 Å². The first-order valence-corrected chi connectivity index (χ1v) is 8.24. The van der Waals surface area contributed by atoms with E-state index in [4.69, 9.17) is 0 Å². The summed E-state index contributed by atoms with van der Waals surface area (Å²) in [4.78, 5) is 14.5. The Morgan fingerprint density at radius 3 is 2.94 bits per heavy atom. The standard InChI is InChI=1S/C13H25N3OS/c1-11-3-2-4-14-12(11)13(17)15-5-6-16-7-9-18-10-8-16/h11-12,14H,2-10H2,1H3,(H,15,17). The third kappa shape index (κ3) is 4.14. The molecule has 4 nitrogen and oxygen atoms in total. The predicted molar refractivity (Wildman–Crippen MR) is 77.0 cm³/mol. The van der Waals surface area contributed by atoms with Crippen LogP contribution < -0.4 is 10.6 Å². The maximum atomic E-state index is 12.1. The van der Waals surface area contributed by atoms with Crippen LogP contribution in [0.15, 0.2) is 0 Å². The van der Waals surface area contributed by atoms with Crippen molar-refractivity contribution < 1.29 is 4.79 Å². The van der Waals surface area contributed by atoms with Crippen LogP contribution in [-0.4, -0.2) is 61.1 Å². The number of thioether (sulfide) groups is 1. The number of rotatable bonds is 4. The van der Waals surface area contributed by atoms with Gasteiger partial charge < -0.3 is 10.6 Å². The smallest absolute Gasteiger partial charge is 0.237 e. The van der Waals surface area contributed by atoms with Gasteiger partial charge in [-0.1, -0.05) is 6.92 Å². The zero-order valence-corrected chi connectivity index (χ0v) is 12.1. The SMILES string of the molecule is CC1CCCNC1C(=O)NCCN1CCSCC1. The summed E-state index contributed by atoms with van der Waals surface area (Å²) in [5.74, 6) is 3.11. The molecule has 2 saturated heterocycles. The summed E-state index contributed by atoms with van der Waals surface area (Å²) in [6, 6.07) is 0.0238. The lowest BCUT2D eigenvalue weighted by molar-refractivity contribution is -0.124. The summed E-state index contributed by atoms with van der Waals surface area (Å²) >= 11 is 2.02. The Hall–Kier alpha value is -0.260. The van der Waals surface area contributed by atoms with Gasteiger partial charge in [-0.2, -0.15) is 11.8 Å². The van der Waals surface area contributed by atoms with Crippen LogP contribution in [0.25, 0.3) is 0 Å². The van der Waals surface area contributed by atoms with Crippen molar-refractivity contribution in [3.05, 3.63) is 0 Å². The van der Waals surface area contributed by atoms with E-state index in [0.29, 0.717) is 5.92 Å². The molecule has 1 amide bonds. The lowest BCUT2D eigenvalue weighted by atomic mass is 9.92.